The average molecular weight is 344 g/mol. The van der Waals surface area contributed by atoms with Gasteiger partial charge in [-0.25, -0.2) is 4.79 Å². The average Bonchev–Trinajstić information content (AvgIpc) is 3.03. The van der Waals surface area contributed by atoms with Gasteiger partial charge in [-0.05, 0) is 32.0 Å². The van der Waals surface area contributed by atoms with Gasteiger partial charge in [-0.3, -0.25) is 9.78 Å². The van der Waals surface area contributed by atoms with Gasteiger partial charge < -0.3 is 19.2 Å². The minimum absolute atomic E-state index is 0.197. The van der Waals surface area contributed by atoms with Crippen LogP contribution >= 0.6 is 0 Å². The molecule has 0 aromatic carbocycles. The number of likely N-dealkylation sites (tertiary alicyclic amines) is 1. The standard InChI is InChI=1S/C18H20N2O5/c1-12-5-11-24-15(12)16(21)20-9-6-18(7-10-20,17(22)23)25-14-4-3-8-19-13(14)2/h3-5,8,11H,6-7,9-10H2,1-2H3,(H,22,23). The molecule has 0 unspecified atom stereocenters. The summed E-state index contributed by atoms with van der Waals surface area (Å²) in [4.78, 5) is 30.1. The van der Waals surface area contributed by atoms with E-state index in [1.54, 1.807) is 43.1 Å². The Morgan fingerprint density at radius 3 is 2.56 bits per heavy atom. The highest BCUT2D eigenvalue weighted by atomic mass is 16.5. The molecule has 1 saturated heterocycles. The fraction of sp³-hybridized carbons (Fsp3) is 0.389. The number of carboxylic acids is 1. The summed E-state index contributed by atoms with van der Waals surface area (Å²) in [5, 5.41) is 9.73. The van der Waals surface area contributed by atoms with Crippen molar-refractivity contribution in [2.24, 2.45) is 0 Å². The number of carbonyl (C=O) groups excluding carboxylic acids is 1. The smallest absolute Gasteiger partial charge is 0.348 e. The molecule has 1 N–H and O–H groups in total. The Labute approximate surface area is 145 Å². The third-order valence-corrected chi connectivity index (χ3v) is 4.57. The zero-order valence-corrected chi connectivity index (χ0v) is 14.2. The number of carbonyl (C=O) groups is 2. The lowest BCUT2D eigenvalue weighted by atomic mass is 9.90. The number of aliphatic carboxylic acids is 1. The van der Waals surface area contributed by atoms with E-state index in [1.807, 2.05) is 0 Å². The van der Waals surface area contributed by atoms with Gasteiger partial charge in [-0.1, -0.05) is 0 Å². The number of rotatable bonds is 4. The molecule has 7 nitrogen and oxygen atoms in total. The van der Waals surface area contributed by atoms with Crippen LogP contribution in [0.5, 0.6) is 5.75 Å². The molecule has 132 valence electrons. The Kier molecular flexibility index (Phi) is 4.48. The minimum atomic E-state index is -1.36. The molecule has 3 rings (SSSR count). The summed E-state index contributed by atoms with van der Waals surface area (Å²) < 4.78 is 11.1. The molecule has 3 heterocycles. The van der Waals surface area contributed by atoms with Gasteiger partial charge in [0.1, 0.15) is 5.75 Å². The summed E-state index contributed by atoms with van der Waals surface area (Å²) in [7, 11) is 0. The largest absolute Gasteiger partial charge is 0.478 e. The van der Waals surface area contributed by atoms with Crippen LogP contribution in [-0.2, 0) is 4.79 Å². The summed E-state index contributed by atoms with van der Waals surface area (Å²) in [5.74, 6) is -0.505. The Morgan fingerprint density at radius 1 is 1.28 bits per heavy atom. The summed E-state index contributed by atoms with van der Waals surface area (Å²) in [6, 6.07) is 5.14. The Morgan fingerprint density at radius 2 is 2.00 bits per heavy atom. The number of pyridine rings is 1. The van der Waals surface area contributed by atoms with Crippen LogP contribution in [-0.4, -0.2) is 45.6 Å². The molecule has 0 bridgehead atoms. The monoisotopic (exact) mass is 344 g/mol. The summed E-state index contributed by atoms with van der Waals surface area (Å²) in [6.45, 7) is 4.13. The summed E-state index contributed by atoms with van der Waals surface area (Å²) >= 11 is 0. The highest BCUT2D eigenvalue weighted by Gasteiger charge is 2.45. The van der Waals surface area contributed by atoms with E-state index in [-0.39, 0.29) is 31.8 Å². The van der Waals surface area contributed by atoms with Crippen LogP contribution < -0.4 is 4.74 Å². The first-order valence-electron chi connectivity index (χ1n) is 8.10. The van der Waals surface area contributed by atoms with Crippen molar-refractivity contribution in [2.45, 2.75) is 32.3 Å². The molecule has 1 amide bonds. The highest BCUT2D eigenvalue weighted by molar-refractivity contribution is 5.93. The number of nitrogens with zero attached hydrogens (tertiary/aromatic N) is 2. The van der Waals surface area contributed by atoms with Crippen molar-refractivity contribution in [1.82, 2.24) is 9.88 Å². The topological polar surface area (TPSA) is 92.9 Å². The van der Waals surface area contributed by atoms with Crippen molar-refractivity contribution in [3.8, 4) is 5.75 Å². The van der Waals surface area contributed by atoms with Gasteiger partial charge in [0.2, 0.25) is 5.60 Å². The Balaban J connectivity index is 1.75. The molecule has 2 aromatic heterocycles. The lowest BCUT2D eigenvalue weighted by molar-refractivity contribution is -0.159. The molecule has 0 atom stereocenters. The van der Waals surface area contributed by atoms with Crippen LogP contribution in [0.25, 0.3) is 0 Å². The fourth-order valence-electron chi connectivity index (χ4n) is 2.95. The third kappa shape index (κ3) is 3.22. The van der Waals surface area contributed by atoms with Crippen molar-refractivity contribution in [3.63, 3.8) is 0 Å². The van der Waals surface area contributed by atoms with Gasteiger partial charge in [0.25, 0.3) is 5.91 Å². The molecule has 1 aliphatic rings. The maximum atomic E-state index is 12.5. The van der Waals surface area contributed by atoms with Gasteiger partial charge >= 0.3 is 5.97 Å². The van der Waals surface area contributed by atoms with E-state index in [1.165, 1.54) is 6.26 Å². The molecule has 0 saturated carbocycles. The summed E-state index contributed by atoms with van der Waals surface area (Å²) in [6.07, 6.45) is 3.50. The molecule has 1 aliphatic heterocycles. The zero-order chi connectivity index (χ0) is 18.0. The molecule has 2 aromatic rings. The normalized spacial score (nSPS) is 16.5. The molecular formula is C18H20N2O5. The number of aryl methyl sites for hydroxylation is 2. The van der Waals surface area contributed by atoms with Gasteiger partial charge in [-0.15, -0.1) is 0 Å². The van der Waals surface area contributed by atoms with Gasteiger partial charge in [-0.2, -0.15) is 0 Å². The number of ether oxygens (including phenoxy) is 1. The van der Waals surface area contributed by atoms with Crippen LogP contribution in [0.4, 0.5) is 0 Å². The van der Waals surface area contributed by atoms with Crippen molar-refractivity contribution in [3.05, 3.63) is 47.7 Å². The fourth-order valence-corrected chi connectivity index (χ4v) is 2.95. The molecule has 0 aliphatic carbocycles. The van der Waals surface area contributed by atoms with Crippen molar-refractivity contribution < 1.29 is 23.8 Å². The molecule has 0 spiro atoms. The first-order valence-corrected chi connectivity index (χ1v) is 8.10. The van der Waals surface area contributed by atoms with Crippen LogP contribution in [0.3, 0.4) is 0 Å². The van der Waals surface area contributed by atoms with Gasteiger partial charge in [0.05, 0.1) is 12.0 Å². The quantitative estimate of drug-likeness (QED) is 0.916. The van der Waals surface area contributed by atoms with Gasteiger partial charge in [0.15, 0.2) is 5.76 Å². The van der Waals surface area contributed by atoms with Crippen molar-refractivity contribution in [1.29, 1.82) is 0 Å². The number of piperidine rings is 1. The predicted octanol–water partition coefficient (Wildman–Crippen LogP) is 2.43. The number of amides is 1. The SMILES string of the molecule is Cc1ccoc1C(=O)N1CCC(Oc2cccnc2C)(C(=O)O)CC1. The molecule has 7 heteroatoms. The number of hydrogen-bond donors (Lipinski definition) is 1. The van der Waals surface area contributed by atoms with E-state index in [0.717, 1.165) is 5.56 Å². The van der Waals surface area contributed by atoms with Crippen LogP contribution in [0.15, 0.2) is 35.1 Å². The molecule has 1 fully saturated rings. The van der Waals surface area contributed by atoms with E-state index in [4.69, 9.17) is 9.15 Å². The maximum Gasteiger partial charge on any atom is 0.348 e. The second kappa shape index (κ2) is 6.58. The van der Waals surface area contributed by atoms with E-state index in [0.29, 0.717) is 17.2 Å². The zero-order valence-electron chi connectivity index (χ0n) is 14.2. The highest BCUT2D eigenvalue weighted by Crippen LogP contribution is 2.31. The first kappa shape index (κ1) is 17.0. The second-order valence-electron chi connectivity index (χ2n) is 6.21. The maximum absolute atomic E-state index is 12.5. The van der Waals surface area contributed by atoms with Gasteiger partial charge in [0, 0.05) is 37.7 Å². The van der Waals surface area contributed by atoms with E-state index < -0.39 is 11.6 Å². The molecule has 25 heavy (non-hydrogen) atoms. The van der Waals surface area contributed by atoms with Crippen LogP contribution in [0.2, 0.25) is 0 Å². The van der Waals surface area contributed by atoms with E-state index in [2.05, 4.69) is 4.98 Å². The lowest BCUT2D eigenvalue weighted by Gasteiger charge is -2.38. The first-order chi connectivity index (χ1) is 11.9. The Bertz CT molecular complexity index is 790. The van der Waals surface area contributed by atoms with Crippen molar-refractivity contribution >= 4 is 11.9 Å². The number of furan rings is 1. The second-order valence-corrected chi connectivity index (χ2v) is 6.21. The van der Waals surface area contributed by atoms with E-state index >= 15 is 0 Å². The Hall–Kier alpha value is -2.83. The van der Waals surface area contributed by atoms with Crippen LogP contribution in [0.1, 0.15) is 34.7 Å². The molecule has 0 radical (unpaired) electrons. The van der Waals surface area contributed by atoms with E-state index in [9.17, 15) is 14.7 Å². The minimum Gasteiger partial charge on any atom is -0.478 e. The molecular weight excluding hydrogens is 324 g/mol. The summed E-state index contributed by atoms with van der Waals surface area (Å²) in [5.41, 5.74) is 0.0399. The van der Waals surface area contributed by atoms with Crippen molar-refractivity contribution in [2.75, 3.05) is 13.1 Å². The number of carboxylic acid groups (broad SMARTS) is 1. The number of hydrogen-bond acceptors (Lipinski definition) is 5. The third-order valence-electron chi connectivity index (χ3n) is 4.57. The predicted molar refractivity (Wildman–Crippen MR) is 88.6 cm³/mol. The lowest BCUT2D eigenvalue weighted by Crippen LogP contribution is -2.54. The van der Waals surface area contributed by atoms with Crippen LogP contribution in [0, 0.1) is 13.8 Å². The number of aromatic nitrogens is 1.